The smallest absolute Gasteiger partial charge is 0.161 e. The standard InChI is InChI=1S/C13H17NO/c15-12-7-8-14-11-6-5-9-3-1-2-4-10(9)13(11)12/h2,4,9,11,14H,1,3,5-8H2. The highest BCUT2D eigenvalue weighted by Gasteiger charge is 2.34. The molecule has 1 aliphatic heterocycles. The lowest BCUT2D eigenvalue weighted by Gasteiger charge is -2.37. The van der Waals surface area contributed by atoms with Gasteiger partial charge in [0.05, 0.1) is 0 Å². The zero-order chi connectivity index (χ0) is 10.3. The molecule has 2 aliphatic carbocycles. The van der Waals surface area contributed by atoms with E-state index in [4.69, 9.17) is 0 Å². The lowest BCUT2D eigenvalue weighted by atomic mass is 9.73. The van der Waals surface area contributed by atoms with Gasteiger partial charge in [-0.15, -0.1) is 0 Å². The van der Waals surface area contributed by atoms with E-state index in [9.17, 15) is 4.79 Å². The third-order valence-corrected chi connectivity index (χ3v) is 3.93. The Balaban J connectivity index is 2.06. The van der Waals surface area contributed by atoms with Gasteiger partial charge in [-0.1, -0.05) is 12.2 Å². The molecule has 0 spiro atoms. The Labute approximate surface area is 90.4 Å². The van der Waals surface area contributed by atoms with Crippen molar-refractivity contribution in [3.63, 3.8) is 0 Å². The highest BCUT2D eigenvalue weighted by Crippen LogP contribution is 2.38. The largest absolute Gasteiger partial charge is 0.309 e. The molecule has 1 N–H and O–H groups in total. The summed E-state index contributed by atoms with van der Waals surface area (Å²) in [6.07, 6.45) is 9.97. The molecule has 0 amide bonds. The molecular formula is C13H17NO. The Morgan fingerprint density at radius 2 is 2.20 bits per heavy atom. The van der Waals surface area contributed by atoms with Crippen molar-refractivity contribution in [1.29, 1.82) is 0 Å². The number of fused-ring (bicyclic) bond motifs is 2. The molecule has 1 heterocycles. The fourth-order valence-electron chi connectivity index (χ4n) is 3.18. The second-order valence-electron chi connectivity index (χ2n) is 4.80. The molecule has 0 aromatic heterocycles. The number of carbonyl (C=O) groups excluding carboxylic acids is 1. The van der Waals surface area contributed by atoms with Crippen LogP contribution in [-0.2, 0) is 4.79 Å². The molecule has 0 bridgehead atoms. The van der Waals surface area contributed by atoms with Gasteiger partial charge >= 0.3 is 0 Å². The summed E-state index contributed by atoms with van der Waals surface area (Å²) >= 11 is 0. The number of allylic oxidation sites excluding steroid dienone is 3. The van der Waals surface area contributed by atoms with Crippen LogP contribution in [-0.4, -0.2) is 18.4 Å². The number of hydrogen-bond acceptors (Lipinski definition) is 2. The Bertz CT molecular complexity index is 354. The van der Waals surface area contributed by atoms with E-state index in [1.54, 1.807) is 0 Å². The Kier molecular flexibility index (Phi) is 2.24. The highest BCUT2D eigenvalue weighted by atomic mass is 16.1. The minimum absolute atomic E-state index is 0.361. The quantitative estimate of drug-likeness (QED) is 0.652. The maximum absolute atomic E-state index is 12.0. The summed E-state index contributed by atoms with van der Waals surface area (Å²) in [5.74, 6) is 1.06. The minimum atomic E-state index is 0.361. The summed E-state index contributed by atoms with van der Waals surface area (Å²) in [6, 6.07) is 0.361. The van der Waals surface area contributed by atoms with Crippen molar-refractivity contribution < 1.29 is 4.79 Å². The molecule has 3 rings (SSSR count). The Morgan fingerprint density at radius 1 is 1.27 bits per heavy atom. The van der Waals surface area contributed by atoms with Gasteiger partial charge in [0, 0.05) is 24.6 Å². The summed E-state index contributed by atoms with van der Waals surface area (Å²) in [5, 5.41) is 3.47. The predicted octanol–water partition coefficient (Wildman–Crippen LogP) is 1.97. The lowest BCUT2D eigenvalue weighted by Crippen LogP contribution is -2.44. The average molecular weight is 203 g/mol. The summed E-state index contributed by atoms with van der Waals surface area (Å²) in [6.45, 7) is 0.870. The molecule has 0 aromatic carbocycles. The van der Waals surface area contributed by atoms with Crippen LogP contribution in [0.5, 0.6) is 0 Å². The molecule has 0 radical (unpaired) electrons. The zero-order valence-corrected chi connectivity index (χ0v) is 8.96. The third kappa shape index (κ3) is 1.48. The van der Waals surface area contributed by atoms with Gasteiger partial charge in [0.15, 0.2) is 5.78 Å². The number of carbonyl (C=O) groups is 1. The van der Waals surface area contributed by atoms with Gasteiger partial charge in [-0.05, 0) is 37.2 Å². The first-order valence-corrected chi connectivity index (χ1v) is 6.03. The molecule has 1 saturated heterocycles. The number of ketones is 1. The van der Waals surface area contributed by atoms with E-state index in [-0.39, 0.29) is 0 Å². The van der Waals surface area contributed by atoms with E-state index >= 15 is 0 Å². The first-order chi connectivity index (χ1) is 7.36. The van der Waals surface area contributed by atoms with Crippen molar-refractivity contribution >= 4 is 5.78 Å². The number of nitrogens with one attached hydrogen (secondary N) is 1. The van der Waals surface area contributed by atoms with Gasteiger partial charge in [0.1, 0.15) is 0 Å². The minimum Gasteiger partial charge on any atom is -0.309 e. The lowest BCUT2D eigenvalue weighted by molar-refractivity contribution is -0.116. The molecule has 1 fully saturated rings. The number of piperidine rings is 1. The molecule has 2 unspecified atom stereocenters. The van der Waals surface area contributed by atoms with Gasteiger partial charge in [0.2, 0.25) is 0 Å². The first kappa shape index (κ1) is 9.34. The molecule has 80 valence electrons. The summed E-state index contributed by atoms with van der Waals surface area (Å²) < 4.78 is 0. The van der Waals surface area contributed by atoms with Crippen molar-refractivity contribution in [2.45, 2.75) is 38.1 Å². The topological polar surface area (TPSA) is 29.1 Å². The van der Waals surface area contributed by atoms with Crippen molar-refractivity contribution in [2.24, 2.45) is 5.92 Å². The molecule has 15 heavy (non-hydrogen) atoms. The van der Waals surface area contributed by atoms with Gasteiger partial charge < -0.3 is 5.32 Å². The summed E-state index contributed by atoms with van der Waals surface area (Å²) in [4.78, 5) is 12.0. The van der Waals surface area contributed by atoms with Gasteiger partial charge in [0.25, 0.3) is 0 Å². The highest BCUT2D eigenvalue weighted by molar-refractivity contribution is 5.99. The van der Waals surface area contributed by atoms with E-state index in [2.05, 4.69) is 17.5 Å². The maximum atomic E-state index is 12.0. The molecule has 3 aliphatic rings. The summed E-state index contributed by atoms with van der Waals surface area (Å²) in [5.41, 5.74) is 2.48. The van der Waals surface area contributed by atoms with E-state index in [0.717, 1.165) is 18.5 Å². The molecule has 2 atom stereocenters. The van der Waals surface area contributed by atoms with Crippen LogP contribution in [0.3, 0.4) is 0 Å². The first-order valence-electron chi connectivity index (χ1n) is 6.03. The molecule has 2 nitrogen and oxygen atoms in total. The second kappa shape index (κ2) is 3.60. The van der Waals surface area contributed by atoms with Crippen LogP contribution in [0.25, 0.3) is 0 Å². The Morgan fingerprint density at radius 3 is 3.13 bits per heavy atom. The van der Waals surface area contributed by atoms with E-state index < -0.39 is 0 Å². The number of rotatable bonds is 0. The van der Waals surface area contributed by atoms with Crippen LogP contribution < -0.4 is 5.32 Å². The number of hydrogen-bond donors (Lipinski definition) is 1. The fourth-order valence-corrected chi connectivity index (χ4v) is 3.18. The van der Waals surface area contributed by atoms with E-state index in [1.807, 2.05) is 0 Å². The van der Waals surface area contributed by atoms with Crippen molar-refractivity contribution in [1.82, 2.24) is 5.32 Å². The fraction of sp³-hybridized carbons (Fsp3) is 0.615. The molecule has 0 aromatic rings. The molecule has 0 saturated carbocycles. The van der Waals surface area contributed by atoms with Gasteiger partial charge in [-0.25, -0.2) is 0 Å². The number of Topliss-reactive ketones (excluding diaryl/α,β-unsaturated/α-hetero) is 1. The van der Waals surface area contributed by atoms with Crippen LogP contribution in [0.4, 0.5) is 0 Å². The normalized spacial score (nSPS) is 35.1. The monoisotopic (exact) mass is 203 g/mol. The van der Waals surface area contributed by atoms with E-state index in [1.165, 1.54) is 24.8 Å². The van der Waals surface area contributed by atoms with Crippen LogP contribution in [0.2, 0.25) is 0 Å². The van der Waals surface area contributed by atoms with Crippen LogP contribution >= 0.6 is 0 Å². The van der Waals surface area contributed by atoms with Gasteiger partial charge in [-0.3, -0.25) is 4.79 Å². The Hall–Kier alpha value is -0.890. The van der Waals surface area contributed by atoms with E-state index in [0.29, 0.717) is 24.2 Å². The second-order valence-corrected chi connectivity index (χ2v) is 4.80. The van der Waals surface area contributed by atoms with Crippen molar-refractivity contribution in [3.05, 3.63) is 23.3 Å². The SMILES string of the molecule is O=C1CCNC2CCC3CCC=CC3=C12. The molecular weight excluding hydrogens is 186 g/mol. The summed E-state index contributed by atoms with van der Waals surface area (Å²) in [7, 11) is 0. The van der Waals surface area contributed by atoms with Crippen LogP contribution in [0.15, 0.2) is 23.3 Å². The van der Waals surface area contributed by atoms with Gasteiger partial charge in [-0.2, -0.15) is 0 Å². The average Bonchev–Trinajstić information content (AvgIpc) is 2.29. The van der Waals surface area contributed by atoms with Crippen LogP contribution in [0.1, 0.15) is 32.1 Å². The van der Waals surface area contributed by atoms with Crippen LogP contribution in [0, 0.1) is 5.92 Å². The zero-order valence-electron chi connectivity index (χ0n) is 8.96. The maximum Gasteiger partial charge on any atom is 0.161 e. The predicted molar refractivity (Wildman–Crippen MR) is 59.5 cm³/mol. The van der Waals surface area contributed by atoms with Crippen molar-refractivity contribution in [2.75, 3.05) is 6.54 Å². The molecule has 2 heteroatoms. The van der Waals surface area contributed by atoms with Crippen molar-refractivity contribution in [3.8, 4) is 0 Å². The third-order valence-electron chi connectivity index (χ3n) is 3.93.